The molecule has 0 radical (unpaired) electrons. The Labute approximate surface area is 141 Å². The minimum Gasteiger partial charge on any atom is -0.325 e. The van der Waals surface area contributed by atoms with Crippen LogP contribution in [0, 0.1) is 0 Å². The molecule has 1 fully saturated rings. The Morgan fingerprint density at radius 1 is 1.29 bits per heavy atom. The highest BCUT2D eigenvalue weighted by molar-refractivity contribution is 7.91. The number of anilines is 1. The lowest BCUT2D eigenvalue weighted by molar-refractivity contribution is -0.118. The summed E-state index contributed by atoms with van der Waals surface area (Å²) in [5.41, 5.74) is 0.387. The van der Waals surface area contributed by atoms with Crippen LogP contribution in [-0.2, 0) is 14.6 Å². The highest BCUT2D eigenvalue weighted by atomic mass is 32.2. The molecule has 1 atom stereocenters. The van der Waals surface area contributed by atoms with Gasteiger partial charge < -0.3 is 5.32 Å². The van der Waals surface area contributed by atoms with Crippen LogP contribution < -0.4 is 5.32 Å². The van der Waals surface area contributed by atoms with E-state index < -0.39 is 20.5 Å². The van der Waals surface area contributed by atoms with Gasteiger partial charge in [-0.1, -0.05) is 13.3 Å². The predicted octanol–water partition coefficient (Wildman–Crippen LogP) is 2.89. The van der Waals surface area contributed by atoms with Crippen molar-refractivity contribution in [3.05, 3.63) is 24.3 Å². The molecule has 0 unspecified atom stereocenters. The van der Waals surface area contributed by atoms with Gasteiger partial charge in [0.25, 0.3) is 0 Å². The third kappa shape index (κ3) is 4.51. The Kier molecular flexibility index (Phi) is 6.28. The number of nitrogens with zero attached hydrogens (tertiary/aromatic N) is 1. The highest BCUT2D eigenvalue weighted by Crippen LogP contribution is 2.21. The number of hydrogen-bond donors (Lipinski definition) is 1. The summed E-state index contributed by atoms with van der Waals surface area (Å²) in [4.78, 5) is 13.8. The number of hydrogen-bond acceptors (Lipinski definition) is 4. The van der Waals surface area contributed by atoms with Gasteiger partial charge in [0.2, 0.25) is 15.7 Å². The van der Waals surface area contributed by atoms with Gasteiger partial charge in [-0.25, -0.2) is 8.42 Å². The highest BCUT2D eigenvalue weighted by Gasteiger charge is 2.26. The quantitative estimate of drug-likeness (QED) is 0.847. The lowest BCUT2D eigenvalue weighted by Crippen LogP contribution is -2.43. The molecule has 5 nitrogen and oxygen atoms in total. The number of carbonyl (C=O) groups is 1. The molecule has 1 aromatic carbocycles. The summed E-state index contributed by atoms with van der Waals surface area (Å²) in [6.07, 6.45) is 4.33. The first-order valence-corrected chi connectivity index (χ1v) is 9.55. The molecule has 2 rings (SSSR count). The standard InChI is InChI=1S/C16H22F2N2O3S/c1-2-13-5-3-4-10-20(13)11-15(21)19-12-6-8-14(9-7-12)24(22,23)16(17)18/h6-9,13,16H,2-5,10-11H2,1H3,(H,19,21)/t13-/m0/s1. The molecule has 0 spiro atoms. The first kappa shape index (κ1) is 18.8. The summed E-state index contributed by atoms with van der Waals surface area (Å²) >= 11 is 0. The minimum absolute atomic E-state index is 0.195. The number of piperidine rings is 1. The number of carbonyl (C=O) groups excluding carboxylic acids is 1. The smallest absolute Gasteiger partial charge is 0.325 e. The lowest BCUT2D eigenvalue weighted by atomic mass is 10.0. The van der Waals surface area contributed by atoms with E-state index in [1.54, 1.807) is 0 Å². The molecule has 1 aromatic rings. The van der Waals surface area contributed by atoms with Gasteiger partial charge in [0.1, 0.15) is 0 Å². The van der Waals surface area contributed by atoms with E-state index in [4.69, 9.17) is 0 Å². The Hall–Kier alpha value is -1.54. The average molecular weight is 360 g/mol. The van der Waals surface area contributed by atoms with Crippen molar-refractivity contribution in [2.24, 2.45) is 0 Å². The number of halogens is 2. The van der Waals surface area contributed by atoms with Crippen LogP contribution in [0.1, 0.15) is 32.6 Å². The number of alkyl halides is 2. The fourth-order valence-corrected chi connectivity index (χ4v) is 3.67. The van der Waals surface area contributed by atoms with Crippen molar-refractivity contribution in [1.29, 1.82) is 0 Å². The Morgan fingerprint density at radius 3 is 2.54 bits per heavy atom. The molecule has 1 aliphatic rings. The van der Waals surface area contributed by atoms with Crippen molar-refractivity contribution < 1.29 is 22.0 Å². The summed E-state index contributed by atoms with van der Waals surface area (Å²) < 4.78 is 47.7. The van der Waals surface area contributed by atoms with Crippen molar-refractivity contribution in [3.8, 4) is 0 Å². The molecule has 1 heterocycles. The zero-order valence-electron chi connectivity index (χ0n) is 13.5. The summed E-state index contributed by atoms with van der Waals surface area (Å²) in [7, 11) is -4.61. The van der Waals surface area contributed by atoms with Gasteiger partial charge in [0.05, 0.1) is 11.4 Å². The summed E-state index contributed by atoms with van der Waals surface area (Å²) in [5, 5.41) is 2.68. The Bertz CT molecular complexity index is 662. The van der Waals surface area contributed by atoms with Crippen LogP contribution >= 0.6 is 0 Å². The maximum atomic E-state index is 12.5. The fraction of sp³-hybridized carbons (Fsp3) is 0.562. The van der Waals surface area contributed by atoms with Crippen molar-refractivity contribution >= 4 is 21.4 Å². The lowest BCUT2D eigenvalue weighted by Gasteiger charge is -2.34. The maximum Gasteiger partial charge on any atom is 0.341 e. The van der Waals surface area contributed by atoms with Crippen molar-refractivity contribution in [1.82, 2.24) is 4.90 Å². The van der Waals surface area contributed by atoms with E-state index in [1.165, 1.54) is 18.6 Å². The summed E-state index contributed by atoms with van der Waals surface area (Å²) in [5.74, 6) is -3.65. The van der Waals surface area contributed by atoms with Crippen LogP contribution in [0.15, 0.2) is 29.2 Å². The number of benzene rings is 1. The molecule has 8 heteroatoms. The summed E-state index contributed by atoms with van der Waals surface area (Å²) in [6.45, 7) is 3.26. The molecule has 1 N–H and O–H groups in total. The maximum absolute atomic E-state index is 12.5. The number of rotatable bonds is 6. The van der Waals surface area contributed by atoms with Crippen LogP contribution in [-0.4, -0.2) is 44.1 Å². The average Bonchev–Trinajstić information content (AvgIpc) is 2.55. The first-order chi connectivity index (χ1) is 11.3. The van der Waals surface area contributed by atoms with Crippen LogP contribution in [0.25, 0.3) is 0 Å². The van der Waals surface area contributed by atoms with E-state index >= 15 is 0 Å². The summed E-state index contributed by atoms with van der Waals surface area (Å²) in [6, 6.07) is 5.20. The normalized spacial score (nSPS) is 19.4. The number of amides is 1. The second-order valence-corrected chi connectivity index (χ2v) is 7.82. The van der Waals surface area contributed by atoms with Crippen LogP contribution in [0.3, 0.4) is 0 Å². The van der Waals surface area contributed by atoms with Gasteiger partial charge in [-0.2, -0.15) is 8.78 Å². The molecule has 134 valence electrons. The largest absolute Gasteiger partial charge is 0.341 e. The van der Waals surface area contributed by atoms with E-state index in [9.17, 15) is 22.0 Å². The van der Waals surface area contributed by atoms with Gasteiger partial charge in [-0.05, 0) is 50.1 Å². The van der Waals surface area contributed by atoms with Crippen molar-refractivity contribution in [2.45, 2.75) is 49.3 Å². The number of sulfone groups is 1. The second kappa shape index (κ2) is 8.02. The van der Waals surface area contributed by atoms with Gasteiger partial charge in [-0.15, -0.1) is 0 Å². The predicted molar refractivity (Wildman–Crippen MR) is 87.8 cm³/mol. The molecule has 0 aromatic heterocycles. The van der Waals surface area contributed by atoms with E-state index in [-0.39, 0.29) is 12.5 Å². The third-order valence-electron chi connectivity index (χ3n) is 4.27. The van der Waals surface area contributed by atoms with Gasteiger partial charge >= 0.3 is 5.76 Å². The molecule has 1 aliphatic heterocycles. The van der Waals surface area contributed by atoms with Crippen LogP contribution in [0.4, 0.5) is 14.5 Å². The Morgan fingerprint density at radius 2 is 1.96 bits per heavy atom. The molecule has 0 bridgehead atoms. The van der Waals surface area contributed by atoms with E-state index in [2.05, 4.69) is 17.1 Å². The number of nitrogens with one attached hydrogen (secondary N) is 1. The topological polar surface area (TPSA) is 66.5 Å². The van der Waals surface area contributed by atoms with E-state index in [0.717, 1.165) is 37.9 Å². The Balaban J connectivity index is 1.97. The van der Waals surface area contributed by atoms with Gasteiger partial charge in [-0.3, -0.25) is 9.69 Å². The zero-order chi connectivity index (χ0) is 17.7. The van der Waals surface area contributed by atoms with E-state index in [0.29, 0.717) is 11.7 Å². The molecule has 24 heavy (non-hydrogen) atoms. The SMILES string of the molecule is CC[C@H]1CCCCN1CC(=O)Nc1ccc(S(=O)(=O)C(F)F)cc1. The molecule has 1 saturated heterocycles. The molecule has 0 aliphatic carbocycles. The van der Waals surface area contributed by atoms with Crippen LogP contribution in [0.2, 0.25) is 0 Å². The van der Waals surface area contributed by atoms with Gasteiger partial charge in [0.15, 0.2) is 0 Å². The number of likely N-dealkylation sites (tertiary alicyclic amines) is 1. The monoisotopic (exact) mass is 360 g/mol. The molecule has 0 saturated carbocycles. The molecule has 1 amide bonds. The van der Waals surface area contributed by atoms with Gasteiger partial charge in [0, 0.05) is 11.7 Å². The molecular weight excluding hydrogens is 338 g/mol. The van der Waals surface area contributed by atoms with E-state index in [1.807, 2.05) is 0 Å². The first-order valence-electron chi connectivity index (χ1n) is 8.00. The minimum atomic E-state index is -4.61. The molecular formula is C16H22F2N2O3S. The second-order valence-electron chi connectivity index (χ2n) is 5.91. The third-order valence-corrected chi connectivity index (χ3v) is 5.67. The van der Waals surface area contributed by atoms with Crippen LogP contribution in [0.5, 0.6) is 0 Å². The zero-order valence-corrected chi connectivity index (χ0v) is 14.4. The van der Waals surface area contributed by atoms with Crippen molar-refractivity contribution in [2.75, 3.05) is 18.4 Å². The fourth-order valence-electron chi connectivity index (χ4n) is 2.95. The van der Waals surface area contributed by atoms with Crippen molar-refractivity contribution in [3.63, 3.8) is 0 Å².